The molecule has 32 heteroatoms. The zero-order valence-electron chi connectivity index (χ0n) is 63.9. The Labute approximate surface area is 606 Å². The van der Waals surface area contributed by atoms with Gasteiger partial charge in [-0.05, 0) is 79.2 Å². The molecule has 594 valence electrons. The van der Waals surface area contributed by atoms with Crippen LogP contribution in [0.5, 0.6) is 0 Å². The fourth-order valence-corrected chi connectivity index (χ4v) is 6.49. The second-order valence-electron chi connectivity index (χ2n) is 23.0. The number of rotatable bonds is 22. The smallest absolute Gasteiger partial charge is 0.422 e. The van der Waals surface area contributed by atoms with E-state index in [0.717, 1.165) is 101 Å². The van der Waals surface area contributed by atoms with E-state index in [4.69, 9.17) is 52.1 Å². The van der Waals surface area contributed by atoms with Crippen LogP contribution < -0.4 is 0 Å². The maximum Gasteiger partial charge on any atom is 0.422 e. The van der Waals surface area contributed by atoms with Gasteiger partial charge in [0.1, 0.15) is 37.2 Å². The summed E-state index contributed by atoms with van der Waals surface area (Å²) < 4.78 is 119. The molecule has 0 N–H and O–H groups in total. The van der Waals surface area contributed by atoms with E-state index in [-0.39, 0.29) is 54.7 Å². The Morgan fingerprint density at radius 3 is 1.36 bits per heavy atom. The second kappa shape index (κ2) is 61.2. The number of hydrogen-bond acceptors (Lipinski definition) is 27. The fraction of sp³-hybridized carbons (Fsp3) is 0.648. The van der Waals surface area contributed by atoms with E-state index in [2.05, 4.69) is 107 Å². The summed E-state index contributed by atoms with van der Waals surface area (Å²) in [5, 5.41) is 0. The molecule has 9 aliphatic rings. The Morgan fingerprint density at radius 2 is 1.16 bits per heavy atom. The van der Waals surface area contributed by atoms with Gasteiger partial charge in [0, 0.05) is 97.7 Å². The molecule has 7 fully saturated rings. The predicted octanol–water partition coefficient (Wildman–Crippen LogP) is 7.24. The van der Waals surface area contributed by atoms with Crippen molar-refractivity contribution >= 4 is 53.3 Å². The number of amides is 4. The number of carbonyl (C=O) groups excluding carboxylic acids is 9. The number of likely N-dealkylation sites (N-methyl/N-ethyl adjacent to an activating group) is 1. The van der Waals surface area contributed by atoms with Crippen molar-refractivity contribution in [2.24, 2.45) is 11.3 Å². The lowest BCUT2D eigenvalue weighted by atomic mass is 9.84. The number of ether oxygens (including phenoxy) is 18. The summed E-state index contributed by atoms with van der Waals surface area (Å²) in [5.41, 5.74) is -0.402. The van der Waals surface area contributed by atoms with E-state index < -0.39 is 41.5 Å². The van der Waals surface area contributed by atoms with Gasteiger partial charge in [0.05, 0.1) is 131 Å². The number of hydrogen-bond donors (Lipinski definition) is 0. The minimum absolute atomic E-state index is 0.0529. The summed E-state index contributed by atoms with van der Waals surface area (Å²) >= 11 is 0. The number of esters is 4. The van der Waals surface area contributed by atoms with Gasteiger partial charge in [-0.3, -0.25) is 38.6 Å². The monoisotopic (exact) mass is 1490 g/mol. The van der Waals surface area contributed by atoms with Crippen molar-refractivity contribution in [3.63, 3.8) is 0 Å². The van der Waals surface area contributed by atoms with Gasteiger partial charge in [-0.1, -0.05) is 45.9 Å². The van der Waals surface area contributed by atoms with Crippen LogP contribution in [0.2, 0.25) is 0 Å². The minimum atomic E-state index is -4.69. The SMILES string of the molecule is C=C(C(=O)OC)C(F)(F)F.C=C(C)C(=O)OC.C=CC(=O)COCOC.C=CC(=O)OC.C=CCOC.C=COC.CC1CO1.CC1OC1(C)C.CCC1(COC)COC1.CN1C(=O)C=CC1=O.COC(=O)CN1C(=O)C=CC1=O.COCC1(C)CO1.COCC1CCC2OC2C1.COCC1CO1. The van der Waals surface area contributed by atoms with Crippen molar-refractivity contribution in [2.75, 3.05) is 171 Å². The number of fused-ring (bicyclic) bond motifs is 1. The van der Waals surface area contributed by atoms with Crippen LogP contribution in [0.4, 0.5) is 13.2 Å². The van der Waals surface area contributed by atoms with Crippen molar-refractivity contribution in [3.05, 3.63) is 99.4 Å². The van der Waals surface area contributed by atoms with Gasteiger partial charge in [0.25, 0.3) is 23.6 Å². The van der Waals surface area contributed by atoms with Gasteiger partial charge >= 0.3 is 30.1 Å². The van der Waals surface area contributed by atoms with E-state index in [0.29, 0.717) is 48.1 Å². The first-order valence-corrected chi connectivity index (χ1v) is 31.9. The number of alkyl halides is 3. The van der Waals surface area contributed by atoms with Crippen molar-refractivity contribution < 1.29 is 142 Å². The van der Waals surface area contributed by atoms with Crippen molar-refractivity contribution in [1.29, 1.82) is 0 Å². The molecule has 0 bridgehead atoms. The molecule has 103 heavy (non-hydrogen) atoms. The summed E-state index contributed by atoms with van der Waals surface area (Å²) in [4.78, 5) is 95.6. The molecule has 0 aromatic carbocycles. The van der Waals surface area contributed by atoms with E-state index >= 15 is 0 Å². The highest BCUT2D eigenvalue weighted by atomic mass is 19.4. The summed E-state index contributed by atoms with van der Waals surface area (Å²) in [7, 11) is 17.7. The molecule has 0 spiro atoms. The fourth-order valence-electron chi connectivity index (χ4n) is 6.49. The van der Waals surface area contributed by atoms with Crippen LogP contribution in [0.15, 0.2) is 99.4 Å². The first-order valence-electron chi connectivity index (χ1n) is 31.9. The third-order valence-electron chi connectivity index (χ3n) is 13.5. The van der Waals surface area contributed by atoms with Gasteiger partial charge in [0.15, 0.2) is 5.78 Å². The van der Waals surface area contributed by atoms with Crippen molar-refractivity contribution in [3.8, 4) is 0 Å². The Morgan fingerprint density at radius 1 is 0.670 bits per heavy atom. The maximum absolute atomic E-state index is 11.5. The predicted molar refractivity (Wildman–Crippen MR) is 375 cm³/mol. The summed E-state index contributed by atoms with van der Waals surface area (Å²) in [6.45, 7) is 41.4. The third-order valence-corrected chi connectivity index (χ3v) is 13.5. The van der Waals surface area contributed by atoms with Gasteiger partial charge < -0.3 is 85.3 Å². The van der Waals surface area contributed by atoms with Crippen LogP contribution in [0.25, 0.3) is 0 Å². The Kier molecular flexibility index (Phi) is 62.0. The second-order valence-corrected chi connectivity index (χ2v) is 23.0. The van der Waals surface area contributed by atoms with Gasteiger partial charge in [-0.2, -0.15) is 13.2 Å². The molecule has 9 rings (SSSR count). The summed E-state index contributed by atoms with van der Waals surface area (Å²) in [5.74, 6) is -3.61. The zero-order chi connectivity index (χ0) is 80.4. The highest BCUT2D eigenvalue weighted by Gasteiger charge is 2.44. The third kappa shape index (κ3) is 59.9. The van der Waals surface area contributed by atoms with Crippen LogP contribution >= 0.6 is 0 Å². The number of methoxy groups -OCH3 is 11. The quantitative estimate of drug-likeness (QED) is 0.0119. The maximum atomic E-state index is 11.5. The number of epoxide rings is 5. The first kappa shape index (κ1) is 104. The van der Waals surface area contributed by atoms with Crippen molar-refractivity contribution in [2.45, 2.75) is 122 Å². The molecular weight excluding hydrogens is 1370 g/mol. The van der Waals surface area contributed by atoms with Crippen LogP contribution in [0.3, 0.4) is 0 Å². The van der Waals surface area contributed by atoms with E-state index in [1.807, 2.05) is 6.92 Å². The number of halogens is 3. The topological polar surface area (TPSA) is 343 Å². The highest BCUT2D eigenvalue weighted by Crippen LogP contribution is 2.39. The average Bonchev–Trinajstić information content (AvgIpc) is 1.78. The Balaban J connectivity index is -0.000000338. The molecule has 6 saturated heterocycles. The lowest BCUT2D eigenvalue weighted by Gasteiger charge is -2.39. The van der Waals surface area contributed by atoms with Crippen LogP contribution in [0, 0.1) is 11.3 Å². The Hall–Kier alpha value is -7.18. The molecular formula is C71H117F3N2O27. The molecule has 1 aliphatic carbocycles. The average molecular weight is 1490 g/mol. The molecule has 0 aromatic rings. The summed E-state index contributed by atoms with van der Waals surface area (Å²) in [6.07, 6.45) is 13.2. The molecule has 4 amide bonds. The normalized spacial score (nSPS) is 21.2. The number of nitrogens with zero attached hydrogens (tertiary/aromatic N) is 2. The van der Waals surface area contributed by atoms with E-state index in [1.165, 1.54) is 85.7 Å². The Bertz CT molecular complexity index is 2520. The van der Waals surface area contributed by atoms with Crippen LogP contribution in [-0.4, -0.2) is 282 Å². The van der Waals surface area contributed by atoms with Gasteiger partial charge in [0.2, 0.25) is 0 Å². The first-order chi connectivity index (χ1) is 48.3. The lowest BCUT2D eigenvalue weighted by molar-refractivity contribution is -0.149. The molecule has 7 unspecified atom stereocenters. The molecule has 0 radical (unpaired) electrons. The summed E-state index contributed by atoms with van der Waals surface area (Å²) in [6, 6.07) is 0. The standard InChI is InChI=1S/C8H14O2.C7H7NO4.C7H14O2.C6H10O3.C5H5F3O2.C5H5NO2.C5H10O2.C5H8O2.C5H10O.C4H8O2.C4H6O2.C4H8O.2C3H6O/c1-9-5-6-2-3-7-8(4-6)10-7;1-12-7(11)4-8-5(9)2-3-6(8)10;1-3-7(4-8-2)5-9-6-7;1-3-6(7)4-9-5-8-2;1-3(4(9)10-2)5(6,7)8;1-6-4(7)2-3-5(6)8;1-5(3-6-2)4-7-5;1-4(2)5(6)7-3;1-4-5(2,3)6-4;1-5-2-4-3-6-4;1-3-4(5)6-2;1-3-4-5-2;1-3-2-4-3;1-3-4-2/h6-8H,2-5H2,1H3;2-3H,4H2,1H3;3-6H2,1-2H3;3H,1,4-5H2,2H3;1H2,2H3;2-3H,1H3;3-4H2,1-2H3;1H2,2-3H3;4H,1-3H3;4H,2-3H2,1H3;3H,1H2,2H3;3H,1,4H2,2H3;3H,2H2,1H3;3H,1H2,2H3. The number of ketones is 1. The number of carbonyl (C=O) groups is 9. The number of imide groups is 2. The van der Waals surface area contributed by atoms with Gasteiger partial charge in [-0.25, -0.2) is 14.4 Å². The van der Waals surface area contributed by atoms with E-state index in [9.17, 15) is 56.3 Å². The minimum Gasteiger partial charge on any atom is -0.505 e. The molecule has 0 aromatic heterocycles. The van der Waals surface area contributed by atoms with Crippen LogP contribution in [0.1, 0.15) is 74.1 Å². The van der Waals surface area contributed by atoms with Gasteiger partial charge in [-0.15, -0.1) is 6.58 Å². The van der Waals surface area contributed by atoms with E-state index in [1.54, 1.807) is 55.7 Å². The molecule has 8 heterocycles. The molecule has 7 atom stereocenters. The molecule has 1 saturated carbocycles. The largest absolute Gasteiger partial charge is 0.505 e. The lowest BCUT2D eigenvalue weighted by Crippen LogP contribution is -2.45. The van der Waals surface area contributed by atoms with Crippen LogP contribution in [-0.2, 0) is 128 Å². The highest BCUT2D eigenvalue weighted by molar-refractivity contribution is 6.14. The molecule has 8 aliphatic heterocycles. The zero-order valence-corrected chi connectivity index (χ0v) is 63.9. The molecule has 29 nitrogen and oxygen atoms in total. The van der Waals surface area contributed by atoms with Crippen molar-refractivity contribution in [1.82, 2.24) is 9.80 Å².